The second-order valence-electron chi connectivity index (χ2n) is 10.4. The van der Waals surface area contributed by atoms with Gasteiger partial charge in [0.1, 0.15) is 11.9 Å². The Kier molecular flexibility index (Phi) is 6.67. The Morgan fingerprint density at radius 3 is 2.63 bits per heavy atom. The first kappa shape index (κ1) is 24.7. The average Bonchev–Trinajstić information content (AvgIpc) is 3.59. The van der Waals surface area contributed by atoms with Crippen LogP contribution < -0.4 is 10.5 Å². The van der Waals surface area contributed by atoms with Gasteiger partial charge in [0.15, 0.2) is 5.82 Å². The van der Waals surface area contributed by atoms with Crippen molar-refractivity contribution in [3.05, 3.63) is 81.2 Å². The first-order valence-corrected chi connectivity index (χ1v) is 13.2. The molecule has 0 amide bonds. The van der Waals surface area contributed by atoms with E-state index >= 15 is 0 Å². The molecule has 0 spiro atoms. The van der Waals surface area contributed by atoms with Gasteiger partial charge < -0.3 is 14.6 Å². The standard InChI is InChI=1S/C28H32FN7O2/c1-18-14-19(2)25-20(15-18)16-24(28(37)30-25)26(27-31-32-33-36(27)17-23-4-3-13-38-23)35-11-9-34(10-12-35)22-7-5-21(29)6-8-22/h5-8,14-16,23,26H,3-4,9-13,17H2,1-2H3,(H,30,37). The predicted molar refractivity (Wildman–Crippen MR) is 143 cm³/mol. The Hall–Kier alpha value is -3.63. The lowest BCUT2D eigenvalue weighted by molar-refractivity contribution is 0.0906. The molecule has 38 heavy (non-hydrogen) atoms. The molecule has 2 aromatic heterocycles. The third-order valence-electron chi connectivity index (χ3n) is 7.69. The van der Waals surface area contributed by atoms with E-state index in [1.165, 1.54) is 12.1 Å². The van der Waals surface area contributed by atoms with Gasteiger partial charge in [-0.2, -0.15) is 0 Å². The summed E-state index contributed by atoms with van der Waals surface area (Å²) in [6.07, 6.45) is 2.06. The Balaban J connectivity index is 1.38. The average molecular weight is 518 g/mol. The summed E-state index contributed by atoms with van der Waals surface area (Å²) < 4.78 is 21.1. The third-order valence-corrected chi connectivity index (χ3v) is 7.69. The van der Waals surface area contributed by atoms with Crippen molar-refractivity contribution in [3.63, 3.8) is 0 Å². The second-order valence-corrected chi connectivity index (χ2v) is 10.4. The summed E-state index contributed by atoms with van der Waals surface area (Å²) in [7, 11) is 0. The zero-order valence-corrected chi connectivity index (χ0v) is 21.7. The van der Waals surface area contributed by atoms with Crippen LogP contribution in [0.1, 0.15) is 41.4 Å². The van der Waals surface area contributed by atoms with Gasteiger partial charge in [-0.1, -0.05) is 11.6 Å². The van der Waals surface area contributed by atoms with Crippen LogP contribution in [0.5, 0.6) is 0 Å². The number of piperazine rings is 1. The number of hydrogen-bond acceptors (Lipinski definition) is 7. The Morgan fingerprint density at radius 2 is 1.89 bits per heavy atom. The fourth-order valence-corrected chi connectivity index (χ4v) is 5.81. The zero-order chi connectivity index (χ0) is 26.2. The van der Waals surface area contributed by atoms with Gasteiger partial charge in [0, 0.05) is 44.0 Å². The summed E-state index contributed by atoms with van der Waals surface area (Å²) >= 11 is 0. The first-order chi connectivity index (χ1) is 18.5. The van der Waals surface area contributed by atoms with Crippen molar-refractivity contribution in [1.29, 1.82) is 0 Å². The normalized spacial score (nSPS) is 19.3. The maximum Gasteiger partial charge on any atom is 0.253 e. The monoisotopic (exact) mass is 517 g/mol. The lowest BCUT2D eigenvalue weighted by Gasteiger charge is -2.39. The van der Waals surface area contributed by atoms with Gasteiger partial charge in [-0.05, 0) is 84.5 Å². The molecular weight excluding hydrogens is 485 g/mol. The van der Waals surface area contributed by atoms with E-state index in [9.17, 15) is 9.18 Å². The molecule has 6 rings (SSSR count). The molecular formula is C28H32FN7O2. The number of benzene rings is 2. The van der Waals surface area contributed by atoms with Crippen molar-refractivity contribution >= 4 is 16.6 Å². The number of halogens is 1. The van der Waals surface area contributed by atoms with Crippen LogP contribution in [0, 0.1) is 19.7 Å². The van der Waals surface area contributed by atoms with Crippen LogP contribution in [-0.2, 0) is 11.3 Å². The summed E-state index contributed by atoms with van der Waals surface area (Å²) in [6, 6.07) is 12.3. The third kappa shape index (κ3) is 4.81. The number of nitrogens with zero attached hydrogens (tertiary/aromatic N) is 6. The zero-order valence-electron chi connectivity index (χ0n) is 21.7. The summed E-state index contributed by atoms with van der Waals surface area (Å²) in [4.78, 5) is 21.2. The second kappa shape index (κ2) is 10.3. The van der Waals surface area contributed by atoms with Gasteiger partial charge in [-0.3, -0.25) is 9.69 Å². The number of fused-ring (bicyclic) bond motifs is 1. The lowest BCUT2D eigenvalue weighted by Crippen LogP contribution is -2.49. The largest absolute Gasteiger partial charge is 0.376 e. The molecule has 0 aliphatic carbocycles. The van der Waals surface area contributed by atoms with Gasteiger partial charge >= 0.3 is 0 Å². The molecule has 4 heterocycles. The summed E-state index contributed by atoms with van der Waals surface area (Å²) in [5.74, 6) is 0.400. The minimum Gasteiger partial charge on any atom is -0.376 e. The predicted octanol–water partition coefficient (Wildman–Crippen LogP) is 3.36. The molecule has 2 fully saturated rings. The number of tetrazole rings is 1. The maximum absolute atomic E-state index is 13.6. The molecule has 2 unspecified atom stereocenters. The Morgan fingerprint density at radius 1 is 1.11 bits per heavy atom. The van der Waals surface area contributed by atoms with Crippen molar-refractivity contribution < 1.29 is 9.13 Å². The molecule has 2 atom stereocenters. The smallest absolute Gasteiger partial charge is 0.253 e. The number of aryl methyl sites for hydroxylation is 2. The number of aromatic nitrogens is 5. The maximum atomic E-state index is 13.6. The first-order valence-electron chi connectivity index (χ1n) is 13.2. The van der Waals surface area contributed by atoms with E-state index in [4.69, 9.17) is 4.74 Å². The van der Waals surface area contributed by atoms with E-state index in [2.05, 4.69) is 49.4 Å². The van der Waals surface area contributed by atoms with Crippen LogP contribution in [0.2, 0.25) is 0 Å². The molecule has 198 valence electrons. The van der Waals surface area contributed by atoms with Crippen molar-refractivity contribution in [3.8, 4) is 0 Å². The molecule has 10 heteroatoms. The molecule has 1 N–H and O–H groups in total. The highest BCUT2D eigenvalue weighted by Gasteiger charge is 2.33. The van der Waals surface area contributed by atoms with E-state index in [1.54, 1.807) is 4.68 Å². The molecule has 0 saturated carbocycles. The van der Waals surface area contributed by atoms with Crippen LogP contribution in [0.15, 0.2) is 47.3 Å². The van der Waals surface area contributed by atoms with E-state index in [0.29, 0.717) is 31.0 Å². The molecule has 0 radical (unpaired) electrons. The van der Waals surface area contributed by atoms with Gasteiger partial charge in [-0.25, -0.2) is 9.07 Å². The van der Waals surface area contributed by atoms with Crippen LogP contribution in [0.3, 0.4) is 0 Å². The highest BCUT2D eigenvalue weighted by Crippen LogP contribution is 2.30. The minimum atomic E-state index is -0.421. The summed E-state index contributed by atoms with van der Waals surface area (Å²) in [6.45, 7) is 8.24. The highest BCUT2D eigenvalue weighted by molar-refractivity contribution is 5.83. The summed E-state index contributed by atoms with van der Waals surface area (Å²) in [5, 5.41) is 13.8. The number of pyridine rings is 1. The number of aromatic amines is 1. The lowest BCUT2D eigenvalue weighted by atomic mass is 10.00. The van der Waals surface area contributed by atoms with Crippen molar-refractivity contribution in [1.82, 2.24) is 30.1 Å². The fourth-order valence-electron chi connectivity index (χ4n) is 5.81. The van der Waals surface area contributed by atoms with Gasteiger partial charge in [0.25, 0.3) is 5.56 Å². The Labute approximate surface area is 220 Å². The number of ether oxygens (including phenoxy) is 1. The molecule has 4 aromatic rings. The highest BCUT2D eigenvalue weighted by atomic mass is 19.1. The molecule has 2 aliphatic heterocycles. The molecule has 0 bridgehead atoms. The van der Waals surface area contributed by atoms with Crippen LogP contribution >= 0.6 is 0 Å². The topological polar surface area (TPSA) is 92.2 Å². The Bertz CT molecular complexity index is 1490. The fraction of sp³-hybridized carbons (Fsp3) is 0.429. The molecule has 2 saturated heterocycles. The van der Waals surface area contributed by atoms with Crippen molar-refractivity contribution in [2.75, 3.05) is 37.7 Å². The van der Waals surface area contributed by atoms with Crippen LogP contribution in [0.25, 0.3) is 10.9 Å². The van der Waals surface area contributed by atoms with Gasteiger partial charge in [-0.15, -0.1) is 5.10 Å². The van der Waals surface area contributed by atoms with Crippen molar-refractivity contribution in [2.24, 2.45) is 0 Å². The SMILES string of the molecule is Cc1cc(C)c2[nH]c(=O)c(C(c3nnnn3CC3CCCO3)N3CCN(c4ccc(F)cc4)CC3)cc2c1. The van der Waals surface area contributed by atoms with Crippen LogP contribution in [0.4, 0.5) is 10.1 Å². The summed E-state index contributed by atoms with van der Waals surface area (Å²) in [5.41, 5.74) is 4.50. The number of hydrogen-bond donors (Lipinski definition) is 1. The minimum absolute atomic E-state index is 0.0633. The molecule has 9 nitrogen and oxygen atoms in total. The van der Waals surface area contributed by atoms with E-state index in [-0.39, 0.29) is 17.5 Å². The number of nitrogens with one attached hydrogen (secondary N) is 1. The molecule has 2 aliphatic rings. The van der Waals surface area contributed by atoms with E-state index < -0.39 is 6.04 Å². The van der Waals surface area contributed by atoms with Gasteiger partial charge in [0.2, 0.25) is 0 Å². The van der Waals surface area contributed by atoms with Crippen LogP contribution in [-0.4, -0.2) is 69.0 Å². The molecule has 2 aromatic carbocycles. The number of H-pyrrole nitrogens is 1. The van der Waals surface area contributed by atoms with Crippen molar-refractivity contribution in [2.45, 2.75) is 45.4 Å². The quantitative estimate of drug-likeness (QED) is 0.419. The van der Waals surface area contributed by atoms with E-state index in [1.807, 2.05) is 25.1 Å². The van der Waals surface area contributed by atoms with E-state index in [0.717, 1.165) is 60.3 Å². The number of rotatable bonds is 6. The number of anilines is 1. The van der Waals surface area contributed by atoms with Gasteiger partial charge in [0.05, 0.1) is 18.2 Å².